The van der Waals surface area contributed by atoms with E-state index >= 15 is 0 Å². The Bertz CT molecular complexity index is 1250. The first-order valence-electron chi connectivity index (χ1n) is 13.0. The molecule has 1 aliphatic carbocycles. The SMILES string of the molecule is Cc1cccc(NC(=O)CCN2C(=S)N[C@@H](c3ccccn3)[C@@H]2c2cc(C)n(C3CCCC3)c2C)c1. The van der Waals surface area contributed by atoms with Crippen LogP contribution >= 0.6 is 12.2 Å². The Labute approximate surface area is 219 Å². The minimum Gasteiger partial charge on any atom is -0.352 e. The molecule has 2 atom stereocenters. The Morgan fingerprint density at radius 3 is 2.64 bits per heavy atom. The molecule has 0 bridgehead atoms. The quantitative estimate of drug-likeness (QED) is 0.393. The number of aryl methyl sites for hydroxylation is 2. The number of nitrogens with one attached hydrogen (secondary N) is 2. The highest BCUT2D eigenvalue weighted by molar-refractivity contribution is 7.80. The van der Waals surface area contributed by atoms with Crippen LogP contribution in [-0.2, 0) is 4.79 Å². The van der Waals surface area contributed by atoms with Crippen molar-refractivity contribution in [2.24, 2.45) is 0 Å². The minimum atomic E-state index is -0.0731. The van der Waals surface area contributed by atoms with Gasteiger partial charge in [0.15, 0.2) is 5.11 Å². The van der Waals surface area contributed by atoms with E-state index in [2.05, 4.69) is 51.1 Å². The summed E-state index contributed by atoms with van der Waals surface area (Å²) in [5, 5.41) is 7.24. The maximum absolute atomic E-state index is 12.9. The van der Waals surface area contributed by atoms with Crippen LogP contribution in [0.15, 0.2) is 54.7 Å². The lowest BCUT2D eigenvalue weighted by Gasteiger charge is -2.28. The maximum atomic E-state index is 12.9. The predicted octanol–water partition coefficient (Wildman–Crippen LogP) is 5.92. The largest absolute Gasteiger partial charge is 0.352 e. The molecule has 3 aromatic rings. The summed E-state index contributed by atoms with van der Waals surface area (Å²) >= 11 is 5.83. The number of hydrogen-bond acceptors (Lipinski definition) is 3. The number of carbonyl (C=O) groups excluding carboxylic acids is 1. The summed E-state index contributed by atoms with van der Waals surface area (Å²) < 4.78 is 2.53. The number of hydrogen-bond donors (Lipinski definition) is 2. The summed E-state index contributed by atoms with van der Waals surface area (Å²) in [5.74, 6) is -0.0140. The smallest absolute Gasteiger partial charge is 0.226 e. The molecule has 5 rings (SSSR count). The first kappa shape index (κ1) is 24.5. The van der Waals surface area contributed by atoms with Crippen LogP contribution in [0.2, 0.25) is 0 Å². The highest BCUT2D eigenvalue weighted by Gasteiger charge is 2.41. The van der Waals surface area contributed by atoms with Crippen LogP contribution in [-0.4, -0.2) is 32.0 Å². The third-order valence-electron chi connectivity index (χ3n) is 7.61. The Hall–Kier alpha value is -3.19. The van der Waals surface area contributed by atoms with Gasteiger partial charge in [-0.3, -0.25) is 9.78 Å². The second kappa shape index (κ2) is 10.4. The summed E-state index contributed by atoms with van der Waals surface area (Å²) in [6.45, 7) is 7.00. The van der Waals surface area contributed by atoms with Gasteiger partial charge in [0.25, 0.3) is 0 Å². The van der Waals surface area contributed by atoms with Crippen LogP contribution in [0.4, 0.5) is 5.69 Å². The number of thiocarbonyl (C=S) groups is 1. The van der Waals surface area contributed by atoms with E-state index in [9.17, 15) is 4.79 Å². The Morgan fingerprint density at radius 2 is 1.92 bits per heavy atom. The highest BCUT2D eigenvalue weighted by atomic mass is 32.1. The Morgan fingerprint density at radius 1 is 1.11 bits per heavy atom. The van der Waals surface area contributed by atoms with Crippen molar-refractivity contribution in [3.8, 4) is 0 Å². The van der Waals surface area contributed by atoms with Crippen molar-refractivity contribution in [1.29, 1.82) is 0 Å². The average Bonchev–Trinajstić information content (AvgIpc) is 3.56. The van der Waals surface area contributed by atoms with E-state index < -0.39 is 0 Å². The van der Waals surface area contributed by atoms with Crippen molar-refractivity contribution in [3.63, 3.8) is 0 Å². The van der Waals surface area contributed by atoms with E-state index in [4.69, 9.17) is 12.2 Å². The van der Waals surface area contributed by atoms with E-state index in [0.29, 0.717) is 24.1 Å². The second-order valence-electron chi connectivity index (χ2n) is 10.1. The number of rotatable bonds is 7. The number of anilines is 1. The number of benzene rings is 1. The van der Waals surface area contributed by atoms with Crippen molar-refractivity contribution < 1.29 is 4.79 Å². The number of amides is 1. The molecule has 2 aromatic heterocycles. The van der Waals surface area contributed by atoms with Crippen LogP contribution < -0.4 is 10.6 Å². The van der Waals surface area contributed by atoms with Gasteiger partial charge in [0.2, 0.25) is 5.91 Å². The molecule has 1 aliphatic heterocycles. The standard InChI is InChI=1S/C29H35N5OS/c1-19-9-8-10-22(17-19)31-26(35)14-16-33-28(27(32-29(33)36)25-13-6-7-15-30-25)24-18-20(2)34(21(24)3)23-11-4-5-12-23/h6-10,13,15,17-18,23,27-28H,4-5,11-12,14,16H2,1-3H3,(H,31,35)(H,32,36)/t27-,28-/m0/s1. The molecule has 3 heterocycles. The molecular formula is C29H35N5OS. The molecule has 2 aliphatic rings. The third-order valence-corrected chi connectivity index (χ3v) is 7.96. The number of aromatic nitrogens is 2. The van der Waals surface area contributed by atoms with E-state index in [1.807, 2.05) is 49.5 Å². The summed E-state index contributed by atoms with van der Waals surface area (Å²) in [6.07, 6.45) is 7.25. The van der Waals surface area contributed by atoms with Crippen LogP contribution in [0.5, 0.6) is 0 Å². The van der Waals surface area contributed by atoms with Gasteiger partial charge in [0, 0.05) is 42.3 Å². The summed E-state index contributed by atoms with van der Waals surface area (Å²) in [7, 11) is 0. The van der Waals surface area contributed by atoms with Crippen molar-refractivity contribution in [1.82, 2.24) is 19.8 Å². The molecule has 2 fully saturated rings. The van der Waals surface area contributed by atoms with E-state index in [1.165, 1.54) is 42.6 Å². The second-order valence-corrected chi connectivity index (χ2v) is 10.5. The number of carbonyl (C=O) groups is 1. The van der Waals surface area contributed by atoms with Gasteiger partial charge < -0.3 is 20.1 Å². The van der Waals surface area contributed by atoms with Crippen LogP contribution in [0.3, 0.4) is 0 Å². The molecule has 188 valence electrons. The Kier molecular flexibility index (Phi) is 7.10. The first-order valence-corrected chi connectivity index (χ1v) is 13.4. The van der Waals surface area contributed by atoms with Gasteiger partial charge in [-0.05, 0) is 87.3 Å². The van der Waals surface area contributed by atoms with E-state index in [0.717, 1.165) is 16.9 Å². The zero-order valence-electron chi connectivity index (χ0n) is 21.3. The summed E-state index contributed by atoms with van der Waals surface area (Å²) in [6, 6.07) is 16.7. The van der Waals surface area contributed by atoms with Gasteiger partial charge in [-0.15, -0.1) is 0 Å². The van der Waals surface area contributed by atoms with Crippen molar-refractivity contribution in [2.45, 2.75) is 71.0 Å². The zero-order valence-corrected chi connectivity index (χ0v) is 22.1. The van der Waals surface area contributed by atoms with Crippen LogP contribution in [0.1, 0.15) is 78.4 Å². The minimum absolute atomic E-state index is 0.0140. The normalized spacial score (nSPS) is 20.1. The molecule has 36 heavy (non-hydrogen) atoms. The van der Waals surface area contributed by atoms with Crippen LogP contribution in [0, 0.1) is 20.8 Å². The third kappa shape index (κ3) is 4.89. The van der Waals surface area contributed by atoms with E-state index in [-0.39, 0.29) is 18.0 Å². The first-order chi connectivity index (χ1) is 17.4. The van der Waals surface area contributed by atoms with Gasteiger partial charge in [-0.2, -0.15) is 0 Å². The topological polar surface area (TPSA) is 62.2 Å². The zero-order chi connectivity index (χ0) is 25.2. The lowest BCUT2D eigenvalue weighted by Crippen LogP contribution is -2.33. The fourth-order valence-electron chi connectivity index (χ4n) is 5.98. The molecule has 1 aromatic carbocycles. The molecular weight excluding hydrogens is 466 g/mol. The van der Waals surface area contributed by atoms with Gasteiger partial charge in [0.05, 0.1) is 17.8 Å². The fraction of sp³-hybridized carbons (Fsp3) is 0.414. The lowest BCUT2D eigenvalue weighted by molar-refractivity contribution is -0.116. The summed E-state index contributed by atoms with van der Waals surface area (Å²) in [5.41, 5.74) is 6.76. The van der Waals surface area contributed by atoms with Crippen molar-refractivity contribution in [2.75, 3.05) is 11.9 Å². The highest BCUT2D eigenvalue weighted by Crippen LogP contribution is 2.43. The average molecular weight is 502 g/mol. The molecule has 1 amide bonds. The molecule has 1 saturated carbocycles. The predicted molar refractivity (Wildman–Crippen MR) is 148 cm³/mol. The Balaban J connectivity index is 1.42. The van der Waals surface area contributed by atoms with Gasteiger partial charge in [-0.1, -0.05) is 31.0 Å². The van der Waals surface area contributed by atoms with Crippen molar-refractivity contribution >= 4 is 28.9 Å². The number of pyridine rings is 1. The summed E-state index contributed by atoms with van der Waals surface area (Å²) in [4.78, 5) is 19.7. The molecule has 1 saturated heterocycles. The molecule has 0 spiro atoms. The number of nitrogens with zero attached hydrogens (tertiary/aromatic N) is 3. The van der Waals surface area contributed by atoms with Gasteiger partial charge in [-0.25, -0.2) is 0 Å². The van der Waals surface area contributed by atoms with Crippen molar-refractivity contribution in [3.05, 3.63) is 82.9 Å². The maximum Gasteiger partial charge on any atom is 0.226 e. The van der Waals surface area contributed by atoms with E-state index in [1.54, 1.807) is 0 Å². The monoisotopic (exact) mass is 501 g/mol. The molecule has 0 radical (unpaired) electrons. The molecule has 2 N–H and O–H groups in total. The fourth-order valence-corrected chi connectivity index (χ4v) is 6.31. The molecule has 7 heteroatoms. The van der Waals surface area contributed by atoms with Crippen LogP contribution in [0.25, 0.3) is 0 Å². The van der Waals surface area contributed by atoms with Gasteiger partial charge >= 0.3 is 0 Å². The lowest BCUT2D eigenvalue weighted by atomic mass is 9.96. The molecule has 6 nitrogen and oxygen atoms in total. The van der Waals surface area contributed by atoms with Gasteiger partial charge in [0.1, 0.15) is 0 Å². The molecule has 0 unspecified atom stereocenters.